The largest absolute Gasteiger partial charge is 0.296 e. The fourth-order valence-corrected chi connectivity index (χ4v) is 4.32. The molecule has 0 amide bonds. The lowest BCUT2D eigenvalue weighted by atomic mass is 10.1. The summed E-state index contributed by atoms with van der Waals surface area (Å²) in [4.78, 5) is 2.78. The second-order valence-corrected chi connectivity index (χ2v) is 7.77. The van der Waals surface area contributed by atoms with Gasteiger partial charge in [0.1, 0.15) is 9.79 Å². The van der Waals surface area contributed by atoms with Crippen LogP contribution in [0, 0.1) is 0 Å². The second-order valence-electron chi connectivity index (χ2n) is 5.03. The molecule has 2 rings (SSSR count). The van der Waals surface area contributed by atoms with Crippen LogP contribution in [-0.2, 0) is 20.2 Å². The van der Waals surface area contributed by atoms with Crippen LogP contribution in [0.15, 0.2) is 68.6 Å². The van der Waals surface area contributed by atoms with Crippen molar-refractivity contribution in [2.75, 3.05) is 0 Å². The Balaban J connectivity index is 3.12. The number of hydrogen-bond donors (Lipinski definition) is 2. The third kappa shape index (κ3) is 4.47. The van der Waals surface area contributed by atoms with E-state index in [1.807, 2.05) is 0 Å². The van der Waals surface area contributed by atoms with Crippen LogP contribution >= 0.6 is 0 Å². The van der Waals surface area contributed by atoms with Crippen LogP contribution in [0.4, 0.5) is 0 Å². The van der Waals surface area contributed by atoms with E-state index >= 15 is 0 Å². The van der Waals surface area contributed by atoms with E-state index in [-0.39, 0.29) is 11.3 Å². The first kappa shape index (κ1) is 20.9. The Morgan fingerprint density at radius 2 is 1.36 bits per heavy atom. The van der Waals surface area contributed by atoms with E-state index in [1.54, 1.807) is 18.2 Å². The van der Waals surface area contributed by atoms with E-state index in [2.05, 4.69) is 20.1 Å². The second kappa shape index (κ2) is 8.10. The first-order valence-electron chi connectivity index (χ1n) is 7.09. The van der Waals surface area contributed by atoms with Crippen LogP contribution in [0.5, 0.6) is 0 Å². The van der Waals surface area contributed by atoms with E-state index in [4.69, 9.17) is 11.1 Å². The average molecular weight is 422 g/mol. The van der Waals surface area contributed by atoms with Gasteiger partial charge in [-0.2, -0.15) is 16.8 Å². The molecule has 28 heavy (non-hydrogen) atoms. The van der Waals surface area contributed by atoms with Crippen molar-refractivity contribution in [1.29, 1.82) is 0 Å². The molecule has 0 aliphatic heterocycles. The molecule has 0 aromatic heterocycles. The maximum atomic E-state index is 11.9. The lowest BCUT2D eigenvalue weighted by Gasteiger charge is -2.13. The van der Waals surface area contributed by atoms with Gasteiger partial charge in [0, 0.05) is 15.4 Å². The monoisotopic (exact) mass is 422 g/mol. The van der Waals surface area contributed by atoms with Gasteiger partial charge < -0.3 is 0 Å². The predicted molar refractivity (Wildman–Crippen MR) is 97.6 cm³/mol. The van der Waals surface area contributed by atoms with Crippen molar-refractivity contribution in [1.82, 2.24) is 0 Å². The van der Waals surface area contributed by atoms with E-state index in [9.17, 15) is 25.9 Å². The topological polar surface area (TPSA) is 206 Å². The predicted octanol–water partition coefficient (Wildman–Crippen LogP) is 3.63. The molecule has 0 atom stereocenters. The highest BCUT2D eigenvalue weighted by Gasteiger charge is 2.29. The summed E-state index contributed by atoms with van der Waals surface area (Å²) in [6, 6.07) is 10.4. The third-order valence-electron chi connectivity index (χ3n) is 3.33. The summed E-state index contributed by atoms with van der Waals surface area (Å²) in [6.07, 6.45) is 0. The molecule has 0 fully saturated rings. The molecule has 0 unspecified atom stereocenters. The Hall–Kier alpha value is -3.38. The fourth-order valence-electron chi connectivity index (χ4n) is 2.33. The molecule has 0 bridgehead atoms. The van der Waals surface area contributed by atoms with Crippen LogP contribution in [0.1, 0.15) is 11.1 Å². The van der Waals surface area contributed by atoms with Crippen molar-refractivity contribution >= 4 is 31.6 Å². The van der Waals surface area contributed by atoms with Gasteiger partial charge in [-0.15, -0.1) is 0 Å². The van der Waals surface area contributed by atoms with Gasteiger partial charge in [0.2, 0.25) is 0 Å². The van der Waals surface area contributed by atoms with Crippen molar-refractivity contribution < 1.29 is 25.9 Å². The summed E-state index contributed by atoms with van der Waals surface area (Å²) < 4.78 is 65.8. The van der Waals surface area contributed by atoms with Gasteiger partial charge in [-0.3, -0.25) is 9.11 Å². The quantitative estimate of drug-likeness (QED) is 0.233. The maximum Gasteiger partial charge on any atom is 0.296 e. The van der Waals surface area contributed by atoms with Crippen LogP contribution in [0.2, 0.25) is 0 Å². The zero-order valence-corrected chi connectivity index (χ0v) is 15.3. The number of hydrogen-bond acceptors (Lipinski definition) is 6. The van der Waals surface area contributed by atoms with Crippen LogP contribution < -0.4 is 0 Å². The molecule has 0 aliphatic rings. The number of benzene rings is 2. The van der Waals surface area contributed by atoms with Gasteiger partial charge in [-0.25, -0.2) is 0 Å². The molecule has 0 aliphatic carbocycles. The maximum absolute atomic E-state index is 11.9. The summed E-state index contributed by atoms with van der Waals surface area (Å²) in [5, 5.41) is 6.74. The minimum absolute atomic E-state index is 0.209. The molecule has 0 radical (unpaired) electrons. The SMILES string of the molecule is [N-]=[N+]=NC(=C(N=[N+]=[N-])c1cccc(S(=O)(=O)O)c1S(=O)(=O)O)c1ccccc1. The summed E-state index contributed by atoms with van der Waals surface area (Å²) in [6.45, 7) is 0. The number of azide groups is 2. The van der Waals surface area contributed by atoms with Gasteiger partial charge in [0.15, 0.2) is 0 Å². The van der Waals surface area contributed by atoms with E-state index in [1.165, 1.54) is 12.1 Å². The average Bonchev–Trinajstić information content (AvgIpc) is 2.63. The van der Waals surface area contributed by atoms with E-state index < -0.39 is 41.3 Å². The molecule has 2 aromatic carbocycles. The van der Waals surface area contributed by atoms with Crippen LogP contribution in [-0.4, -0.2) is 25.9 Å². The highest BCUT2D eigenvalue weighted by atomic mass is 32.2. The number of rotatable bonds is 6. The van der Waals surface area contributed by atoms with E-state index in [0.29, 0.717) is 0 Å². The molecule has 0 spiro atoms. The molecule has 2 N–H and O–H groups in total. The molecule has 144 valence electrons. The normalized spacial score (nSPS) is 12.4. The molecule has 12 nitrogen and oxygen atoms in total. The first-order chi connectivity index (χ1) is 13.1. The highest BCUT2D eigenvalue weighted by Crippen LogP contribution is 2.35. The summed E-state index contributed by atoms with van der Waals surface area (Å²) in [5.74, 6) is 0. The van der Waals surface area contributed by atoms with Gasteiger partial charge in [-0.05, 0) is 22.7 Å². The van der Waals surface area contributed by atoms with E-state index in [0.717, 1.165) is 18.2 Å². The van der Waals surface area contributed by atoms with Crippen molar-refractivity contribution in [3.8, 4) is 0 Å². The zero-order chi connectivity index (χ0) is 20.9. The zero-order valence-electron chi connectivity index (χ0n) is 13.6. The molecule has 0 saturated carbocycles. The Morgan fingerprint density at radius 3 is 1.86 bits per heavy atom. The lowest BCUT2D eigenvalue weighted by molar-refractivity contribution is 0.466. The summed E-state index contributed by atoms with van der Waals surface area (Å²) in [7, 11) is -10.3. The van der Waals surface area contributed by atoms with Gasteiger partial charge in [-0.1, -0.05) is 52.7 Å². The lowest BCUT2D eigenvalue weighted by Crippen LogP contribution is -2.11. The Morgan fingerprint density at radius 1 is 0.786 bits per heavy atom. The Bertz CT molecular complexity index is 1260. The van der Waals surface area contributed by atoms with Gasteiger partial charge in [0.05, 0.1) is 11.4 Å². The van der Waals surface area contributed by atoms with Gasteiger partial charge >= 0.3 is 0 Å². The molecule has 0 saturated heterocycles. The van der Waals surface area contributed by atoms with Crippen LogP contribution in [0.25, 0.3) is 32.3 Å². The first-order valence-corrected chi connectivity index (χ1v) is 9.97. The van der Waals surface area contributed by atoms with Gasteiger partial charge in [0.25, 0.3) is 20.2 Å². The summed E-state index contributed by atoms with van der Waals surface area (Å²) >= 11 is 0. The Labute approximate surface area is 158 Å². The third-order valence-corrected chi connectivity index (χ3v) is 5.31. The van der Waals surface area contributed by atoms with Crippen molar-refractivity contribution in [3.63, 3.8) is 0 Å². The molecular formula is C14H10N6O6S2. The van der Waals surface area contributed by atoms with Crippen molar-refractivity contribution in [2.45, 2.75) is 9.79 Å². The minimum Gasteiger partial charge on any atom is -0.282 e. The van der Waals surface area contributed by atoms with Crippen molar-refractivity contribution in [2.24, 2.45) is 10.2 Å². The standard InChI is InChI=1S/C14H10N6O6S2/c15-19-17-12(9-5-2-1-3-6-9)13(18-20-16)10-7-4-8-11(27(21,22)23)14(10)28(24,25)26/h1-8H,(H,21,22,23)(H,24,25,26). The smallest absolute Gasteiger partial charge is 0.282 e. The molecular weight excluding hydrogens is 412 g/mol. The highest BCUT2D eigenvalue weighted by molar-refractivity contribution is 7.89. The summed E-state index contributed by atoms with van der Waals surface area (Å²) in [5.41, 5.74) is 16.5. The number of nitrogens with zero attached hydrogens (tertiary/aromatic N) is 6. The minimum atomic E-state index is -5.23. The fraction of sp³-hybridized carbons (Fsp3) is 0. The van der Waals surface area contributed by atoms with Crippen LogP contribution in [0.3, 0.4) is 0 Å². The molecule has 0 heterocycles. The van der Waals surface area contributed by atoms with Crippen molar-refractivity contribution in [3.05, 3.63) is 80.5 Å². The molecule has 14 heteroatoms. The Kier molecular flexibility index (Phi) is 6.06. The molecule has 2 aromatic rings.